The first kappa shape index (κ1) is 18.7. The second-order valence-corrected chi connectivity index (χ2v) is 6.82. The molecule has 2 N–H and O–H groups in total. The highest BCUT2D eigenvalue weighted by Gasteiger charge is 2.23. The maximum atomic E-state index is 12.0. The molecular weight excluding hydrogens is 304 g/mol. The van der Waals surface area contributed by atoms with Gasteiger partial charge in [0.2, 0.25) is 0 Å². The molecule has 132 valence electrons. The van der Waals surface area contributed by atoms with Crippen LogP contribution >= 0.6 is 0 Å². The number of carboxylic acids is 1. The molecule has 4 nitrogen and oxygen atoms in total. The van der Waals surface area contributed by atoms with E-state index >= 15 is 0 Å². The Hall–Kier alpha value is -1.68. The van der Waals surface area contributed by atoms with Gasteiger partial charge >= 0.3 is 5.97 Å². The van der Waals surface area contributed by atoms with Crippen molar-refractivity contribution in [2.75, 3.05) is 0 Å². The van der Waals surface area contributed by atoms with Crippen LogP contribution in [0.15, 0.2) is 36.0 Å². The molecular formula is C20H28O4. The van der Waals surface area contributed by atoms with Crippen LogP contribution < -0.4 is 0 Å². The Bertz CT molecular complexity index is 524. The first-order valence-corrected chi connectivity index (χ1v) is 9.08. The molecule has 2 atom stereocenters. The minimum Gasteiger partial charge on any atom is -0.481 e. The predicted octanol–water partition coefficient (Wildman–Crippen LogP) is 3.81. The fraction of sp³-hybridized carbons (Fsp3) is 0.600. The van der Waals surface area contributed by atoms with Gasteiger partial charge in [0.25, 0.3) is 0 Å². The third-order valence-electron chi connectivity index (χ3n) is 4.96. The summed E-state index contributed by atoms with van der Waals surface area (Å²) in [6.07, 6.45) is 16.9. The molecule has 2 aliphatic carbocycles. The quantitative estimate of drug-likeness (QED) is 0.382. The van der Waals surface area contributed by atoms with Gasteiger partial charge in [0, 0.05) is 17.9 Å². The summed E-state index contributed by atoms with van der Waals surface area (Å²) in [5, 5.41) is 18.8. The number of hydrogen-bond acceptors (Lipinski definition) is 3. The van der Waals surface area contributed by atoms with E-state index in [0.29, 0.717) is 12.3 Å². The largest absolute Gasteiger partial charge is 0.481 e. The summed E-state index contributed by atoms with van der Waals surface area (Å²) in [7, 11) is 0. The molecule has 0 bridgehead atoms. The molecule has 2 unspecified atom stereocenters. The Labute approximate surface area is 144 Å². The summed E-state index contributed by atoms with van der Waals surface area (Å²) >= 11 is 0. The average Bonchev–Trinajstić information content (AvgIpc) is 3.19. The third-order valence-corrected chi connectivity index (χ3v) is 4.96. The van der Waals surface area contributed by atoms with Gasteiger partial charge in [-0.1, -0.05) is 43.6 Å². The van der Waals surface area contributed by atoms with Crippen molar-refractivity contribution in [2.24, 2.45) is 11.8 Å². The summed E-state index contributed by atoms with van der Waals surface area (Å²) in [4.78, 5) is 22.4. The number of rotatable bonds is 9. The normalized spacial score (nSPS) is 24.5. The topological polar surface area (TPSA) is 74.6 Å². The number of allylic oxidation sites excluding steroid dienone is 5. The maximum Gasteiger partial charge on any atom is 0.303 e. The highest BCUT2D eigenvalue weighted by Crippen LogP contribution is 2.29. The van der Waals surface area contributed by atoms with Crippen LogP contribution in [0.4, 0.5) is 0 Å². The molecule has 1 fully saturated rings. The van der Waals surface area contributed by atoms with Gasteiger partial charge in [0.1, 0.15) is 0 Å². The Balaban J connectivity index is 1.80. The first-order valence-electron chi connectivity index (χ1n) is 9.08. The summed E-state index contributed by atoms with van der Waals surface area (Å²) in [5.41, 5.74) is 0.781. The highest BCUT2D eigenvalue weighted by molar-refractivity contribution is 6.07. The molecule has 0 aliphatic heterocycles. The van der Waals surface area contributed by atoms with Crippen molar-refractivity contribution in [1.82, 2.24) is 0 Å². The number of carboxylic acid groups (broad SMARTS) is 1. The van der Waals surface area contributed by atoms with Crippen LogP contribution in [0.2, 0.25) is 0 Å². The van der Waals surface area contributed by atoms with E-state index in [1.807, 2.05) is 24.3 Å². The number of aliphatic hydroxyl groups excluding tert-OH is 1. The number of aliphatic carboxylic acids is 1. The third kappa shape index (κ3) is 5.75. The van der Waals surface area contributed by atoms with E-state index in [4.69, 9.17) is 5.11 Å². The zero-order chi connectivity index (χ0) is 17.4. The van der Waals surface area contributed by atoms with Crippen molar-refractivity contribution in [3.05, 3.63) is 36.0 Å². The summed E-state index contributed by atoms with van der Waals surface area (Å²) in [6, 6.07) is 0. The standard InChI is InChI=1S/C20H28O4/c21-18(16-7-5-6-8-16)13-11-15-12-14-19(22)17(15)9-3-1-2-4-10-20(23)24/h9,11-16,18,21H,1-8,10H2,(H,23,24)/b13-11+,17-9-. The van der Waals surface area contributed by atoms with Crippen molar-refractivity contribution < 1.29 is 19.8 Å². The molecule has 0 aromatic heterocycles. The minimum atomic E-state index is -0.755. The Morgan fingerprint density at radius 1 is 1.25 bits per heavy atom. The SMILES string of the molecule is O=C(O)CCCCC/C=C1\C(=O)C=CC1/C=C/C(O)C1CCCC1. The summed E-state index contributed by atoms with van der Waals surface area (Å²) in [5.74, 6) is -0.378. The molecule has 4 heteroatoms. The van der Waals surface area contributed by atoms with Crippen molar-refractivity contribution >= 4 is 11.8 Å². The second kappa shape index (κ2) is 9.58. The molecule has 2 aliphatic rings. The van der Waals surface area contributed by atoms with Gasteiger partial charge in [-0.25, -0.2) is 0 Å². The summed E-state index contributed by atoms with van der Waals surface area (Å²) < 4.78 is 0. The average molecular weight is 332 g/mol. The molecule has 24 heavy (non-hydrogen) atoms. The van der Waals surface area contributed by atoms with Crippen molar-refractivity contribution in [2.45, 2.75) is 63.9 Å². The molecule has 0 amide bonds. The highest BCUT2D eigenvalue weighted by atomic mass is 16.4. The second-order valence-electron chi connectivity index (χ2n) is 6.82. The van der Waals surface area contributed by atoms with Gasteiger partial charge in [0.05, 0.1) is 6.10 Å². The lowest BCUT2D eigenvalue weighted by Crippen LogP contribution is -2.14. The molecule has 2 rings (SSSR count). The van der Waals surface area contributed by atoms with E-state index in [2.05, 4.69) is 0 Å². The van der Waals surface area contributed by atoms with E-state index in [1.54, 1.807) is 6.08 Å². The van der Waals surface area contributed by atoms with Gasteiger partial charge in [-0.15, -0.1) is 0 Å². The summed E-state index contributed by atoms with van der Waals surface area (Å²) in [6.45, 7) is 0. The van der Waals surface area contributed by atoms with Crippen molar-refractivity contribution in [3.8, 4) is 0 Å². The van der Waals surface area contributed by atoms with Crippen LogP contribution in [0.1, 0.15) is 57.8 Å². The monoisotopic (exact) mass is 332 g/mol. The zero-order valence-electron chi connectivity index (χ0n) is 14.2. The zero-order valence-corrected chi connectivity index (χ0v) is 14.2. The fourth-order valence-electron chi connectivity index (χ4n) is 3.50. The molecule has 0 aromatic rings. The number of carbonyl (C=O) groups is 2. The van der Waals surface area contributed by atoms with E-state index in [9.17, 15) is 14.7 Å². The van der Waals surface area contributed by atoms with E-state index < -0.39 is 12.1 Å². The molecule has 1 saturated carbocycles. The predicted molar refractivity (Wildman–Crippen MR) is 93.5 cm³/mol. The van der Waals surface area contributed by atoms with Gasteiger partial charge in [0.15, 0.2) is 5.78 Å². The smallest absolute Gasteiger partial charge is 0.303 e. The molecule has 0 saturated heterocycles. The van der Waals surface area contributed by atoms with Crippen molar-refractivity contribution in [3.63, 3.8) is 0 Å². The van der Waals surface area contributed by atoms with Crippen LogP contribution in [-0.4, -0.2) is 28.1 Å². The number of aliphatic hydroxyl groups is 1. The Kier molecular flexibility index (Phi) is 7.44. The number of unbranched alkanes of at least 4 members (excludes halogenated alkanes) is 3. The van der Waals surface area contributed by atoms with Gasteiger partial charge in [-0.3, -0.25) is 9.59 Å². The van der Waals surface area contributed by atoms with Crippen LogP contribution in [0.3, 0.4) is 0 Å². The number of hydrogen-bond donors (Lipinski definition) is 2. The van der Waals surface area contributed by atoms with Crippen molar-refractivity contribution in [1.29, 1.82) is 0 Å². The van der Waals surface area contributed by atoms with Crippen LogP contribution in [0.25, 0.3) is 0 Å². The van der Waals surface area contributed by atoms with Crippen LogP contribution in [-0.2, 0) is 9.59 Å². The molecule has 0 heterocycles. The fourth-order valence-corrected chi connectivity index (χ4v) is 3.50. The lowest BCUT2D eigenvalue weighted by molar-refractivity contribution is -0.137. The molecule has 0 radical (unpaired) electrons. The lowest BCUT2D eigenvalue weighted by Gasteiger charge is -2.14. The van der Waals surface area contributed by atoms with E-state index in [1.165, 1.54) is 12.8 Å². The Morgan fingerprint density at radius 2 is 2.00 bits per heavy atom. The van der Waals surface area contributed by atoms with Crippen LogP contribution in [0.5, 0.6) is 0 Å². The Morgan fingerprint density at radius 3 is 2.71 bits per heavy atom. The number of carbonyl (C=O) groups excluding carboxylic acids is 1. The first-order chi connectivity index (χ1) is 11.6. The van der Waals surface area contributed by atoms with Gasteiger partial charge in [-0.2, -0.15) is 0 Å². The lowest BCUT2D eigenvalue weighted by atomic mass is 9.95. The maximum absolute atomic E-state index is 12.0. The van der Waals surface area contributed by atoms with Gasteiger partial charge in [-0.05, 0) is 44.1 Å². The van der Waals surface area contributed by atoms with Gasteiger partial charge < -0.3 is 10.2 Å². The molecule has 0 spiro atoms. The molecule has 0 aromatic carbocycles. The number of ketones is 1. The van der Waals surface area contributed by atoms with Crippen LogP contribution in [0, 0.1) is 11.8 Å². The van der Waals surface area contributed by atoms with E-state index in [-0.39, 0.29) is 18.1 Å². The van der Waals surface area contributed by atoms with E-state index in [0.717, 1.165) is 37.7 Å². The minimum absolute atomic E-state index is 0.0347.